The summed E-state index contributed by atoms with van der Waals surface area (Å²) < 4.78 is 0. The van der Waals surface area contributed by atoms with Crippen LogP contribution in [-0.2, 0) is 4.79 Å². The minimum atomic E-state index is -0.905. The lowest BCUT2D eigenvalue weighted by molar-refractivity contribution is -0.125. The molecule has 2 fully saturated rings. The number of rotatable bonds is 10. The van der Waals surface area contributed by atoms with Crippen molar-refractivity contribution in [1.82, 2.24) is 5.32 Å². The van der Waals surface area contributed by atoms with Gasteiger partial charge in [-0.3, -0.25) is 4.79 Å². The molecule has 158 valence electrons. The highest BCUT2D eigenvalue weighted by Gasteiger charge is 2.35. The molecule has 5 nitrogen and oxygen atoms in total. The molecule has 0 aromatic heterocycles. The van der Waals surface area contributed by atoms with E-state index in [0.29, 0.717) is 12.3 Å². The van der Waals surface area contributed by atoms with Gasteiger partial charge in [-0.25, -0.2) is 0 Å². The van der Waals surface area contributed by atoms with Crippen LogP contribution in [0.25, 0.3) is 0 Å². The van der Waals surface area contributed by atoms with Crippen LogP contribution >= 0.6 is 0 Å². The van der Waals surface area contributed by atoms with Gasteiger partial charge in [-0.1, -0.05) is 71.1 Å². The molecule has 0 bridgehead atoms. The Morgan fingerprint density at radius 2 is 1.63 bits per heavy atom. The zero-order valence-corrected chi connectivity index (χ0v) is 17.2. The molecule has 2 aliphatic rings. The number of hydrogen-bond acceptors (Lipinski definition) is 4. The average molecular weight is 383 g/mol. The Morgan fingerprint density at radius 3 is 2.22 bits per heavy atom. The minimum absolute atomic E-state index is 0.147. The van der Waals surface area contributed by atoms with Crippen molar-refractivity contribution in [2.24, 2.45) is 17.6 Å². The van der Waals surface area contributed by atoms with Gasteiger partial charge in [0, 0.05) is 0 Å². The molecule has 0 saturated heterocycles. The quantitative estimate of drug-likeness (QED) is 0.466. The van der Waals surface area contributed by atoms with E-state index >= 15 is 0 Å². The highest BCUT2D eigenvalue weighted by Crippen LogP contribution is 2.32. The van der Waals surface area contributed by atoms with Crippen molar-refractivity contribution < 1.29 is 15.0 Å². The second-order valence-electron chi connectivity index (χ2n) is 8.98. The summed E-state index contributed by atoms with van der Waals surface area (Å²) in [6, 6.07) is -0.928. The second-order valence-corrected chi connectivity index (χ2v) is 8.98. The molecule has 27 heavy (non-hydrogen) atoms. The van der Waals surface area contributed by atoms with Gasteiger partial charge in [0.1, 0.15) is 6.10 Å². The van der Waals surface area contributed by atoms with Crippen LogP contribution in [0.3, 0.4) is 0 Å². The van der Waals surface area contributed by atoms with Crippen LogP contribution in [-0.4, -0.2) is 40.4 Å². The summed E-state index contributed by atoms with van der Waals surface area (Å²) in [7, 11) is 0. The number of nitrogens with one attached hydrogen (secondary N) is 1. The van der Waals surface area contributed by atoms with Gasteiger partial charge in [-0.05, 0) is 37.5 Å². The van der Waals surface area contributed by atoms with Crippen LogP contribution in [0.1, 0.15) is 96.8 Å². The lowest BCUT2D eigenvalue weighted by atomic mass is 9.78. The van der Waals surface area contributed by atoms with Crippen molar-refractivity contribution in [2.75, 3.05) is 0 Å². The fourth-order valence-electron chi connectivity index (χ4n) is 4.90. The molecule has 0 unspecified atom stereocenters. The largest absolute Gasteiger partial charge is 0.390 e. The SMILES string of the molecule is CCCC[C@H](N)C(=O)N[C@H](CC1CCCCC1)[C@H](O)[C@H](O)C1CCCCC1. The van der Waals surface area contributed by atoms with Crippen LogP contribution in [0.4, 0.5) is 0 Å². The van der Waals surface area contributed by atoms with Gasteiger partial charge in [0.15, 0.2) is 0 Å². The molecule has 2 rings (SSSR count). The smallest absolute Gasteiger partial charge is 0.237 e. The zero-order chi connectivity index (χ0) is 19.6. The van der Waals surface area contributed by atoms with E-state index in [2.05, 4.69) is 12.2 Å². The lowest BCUT2D eigenvalue weighted by Gasteiger charge is -2.36. The summed E-state index contributed by atoms with van der Waals surface area (Å²) in [6.45, 7) is 2.08. The molecule has 0 aromatic carbocycles. The van der Waals surface area contributed by atoms with Gasteiger partial charge in [0.2, 0.25) is 5.91 Å². The van der Waals surface area contributed by atoms with Crippen molar-refractivity contribution in [2.45, 2.75) is 121 Å². The van der Waals surface area contributed by atoms with Gasteiger partial charge in [-0.15, -0.1) is 0 Å². The molecule has 2 aliphatic carbocycles. The monoisotopic (exact) mass is 382 g/mol. The molecular weight excluding hydrogens is 340 g/mol. The van der Waals surface area contributed by atoms with Gasteiger partial charge in [0.05, 0.1) is 18.2 Å². The van der Waals surface area contributed by atoms with Gasteiger partial charge < -0.3 is 21.3 Å². The fraction of sp³-hybridized carbons (Fsp3) is 0.955. The summed E-state index contributed by atoms with van der Waals surface area (Å²) in [5, 5.41) is 24.8. The predicted octanol–water partition coefficient (Wildman–Crippen LogP) is 3.26. The van der Waals surface area contributed by atoms with Gasteiger partial charge in [0.25, 0.3) is 0 Å². The van der Waals surface area contributed by atoms with Crippen molar-refractivity contribution in [3.8, 4) is 0 Å². The number of hydrogen-bond donors (Lipinski definition) is 4. The molecular formula is C22H42N2O3. The molecule has 0 aliphatic heterocycles. The fourth-order valence-corrected chi connectivity index (χ4v) is 4.90. The third-order valence-electron chi connectivity index (χ3n) is 6.74. The van der Waals surface area contributed by atoms with E-state index in [0.717, 1.165) is 57.8 Å². The summed E-state index contributed by atoms with van der Waals surface area (Å²) in [4.78, 5) is 12.6. The van der Waals surface area contributed by atoms with Gasteiger partial charge in [-0.2, -0.15) is 0 Å². The second kappa shape index (κ2) is 12.0. The predicted molar refractivity (Wildman–Crippen MR) is 109 cm³/mol. The van der Waals surface area contributed by atoms with Crippen LogP contribution < -0.4 is 11.1 Å². The first-order chi connectivity index (χ1) is 13.0. The Bertz CT molecular complexity index is 420. The maximum atomic E-state index is 12.6. The number of carbonyl (C=O) groups excluding carboxylic acids is 1. The molecule has 0 radical (unpaired) electrons. The van der Waals surface area contributed by atoms with Crippen LogP contribution in [0.5, 0.6) is 0 Å². The Labute approximate surface area is 165 Å². The molecule has 4 atom stereocenters. The van der Waals surface area contributed by atoms with Crippen LogP contribution in [0, 0.1) is 11.8 Å². The third kappa shape index (κ3) is 7.35. The molecule has 1 amide bonds. The molecule has 5 heteroatoms. The maximum Gasteiger partial charge on any atom is 0.237 e. The van der Waals surface area contributed by atoms with E-state index < -0.39 is 24.3 Å². The number of carbonyl (C=O) groups is 1. The maximum absolute atomic E-state index is 12.6. The van der Waals surface area contributed by atoms with E-state index in [9.17, 15) is 15.0 Å². The average Bonchev–Trinajstić information content (AvgIpc) is 2.71. The molecule has 0 heterocycles. The van der Waals surface area contributed by atoms with Crippen molar-refractivity contribution in [3.63, 3.8) is 0 Å². The first kappa shape index (κ1) is 22.6. The number of nitrogens with two attached hydrogens (primary N) is 1. The Morgan fingerprint density at radius 1 is 1.04 bits per heavy atom. The van der Waals surface area contributed by atoms with Crippen molar-refractivity contribution in [3.05, 3.63) is 0 Å². The topological polar surface area (TPSA) is 95.6 Å². The number of aliphatic hydroxyl groups excluding tert-OH is 2. The number of amides is 1. The van der Waals surface area contributed by atoms with Crippen molar-refractivity contribution >= 4 is 5.91 Å². The third-order valence-corrected chi connectivity index (χ3v) is 6.74. The van der Waals surface area contributed by atoms with Crippen molar-refractivity contribution in [1.29, 1.82) is 0 Å². The Balaban J connectivity index is 1.99. The molecule has 5 N–H and O–H groups in total. The Kier molecular flexibility index (Phi) is 10.1. The summed E-state index contributed by atoms with van der Waals surface area (Å²) >= 11 is 0. The highest BCUT2D eigenvalue weighted by atomic mass is 16.3. The van der Waals surface area contributed by atoms with Gasteiger partial charge >= 0.3 is 0 Å². The summed E-state index contributed by atoms with van der Waals surface area (Å²) in [5.74, 6) is 0.483. The lowest BCUT2D eigenvalue weighted by Crippen LogP contribution is -2.54. The molecule has 0 aromatic rings. The zero-order valence-electron chi connectivity index (χ0n) is 17.2. The standard InChI is InChI=1S/C22H42N2O3/c1-2-3-14-18(23)22(27)24-19(15-16-10-6-4-7-11-16)21(26)20(25)17-12-8-5-9-13-17/h16-21,25-26H,2-15,23H2,1H3,(H,24,27)/t18-,19+,20+,21-/m0/s1. The van der Waals surface area contributed by atoms with E-state index in [-0.39, 0.29) is 11.8 Å². The first-order valence-corrected chi connectivity index (χ1v) is 11.4. The Hall–Kier alpha value is -0.650. The first-order valence-electron chi connectivity index (χ1n) is 11.4. The summed E-state index contributed by atoms with van der Waals surface area (Å²) in [6.07, 6.45) is 13.1. The normalized spacial score (nSPS) is 24.1. The van der Waals surface area contributed by atoms with E-state index in [4.69, 9.17) is 5.73 Å². The van der Waals surface area contributed by atoms with Crippen LogP contribution in [0.2, 0.25) is 0 Å². The highest BCUT2D eigenvalue weighted by molar-refractivity contribution is 5.81. The summed E-state index contributed by atoms with van der Waals surface area (Å²) in [5.41, 5.74) is 6.05. The minimum Gasteiger partial charge on any atom is -0.390 e. The van der Waals surface area contributed by atoms with Crippen LogP contribution in [0.15, 0.2) is 0 Å². The number of aliphatic hydroxyl groups is 2. The van der Waals surface area contributed by atoms with E-state index in [1.165, 1.54) is 25.7 Å². The molecule has 2 saturated carbocycles. The van der Waals surface area contributed by atoms with E-state index in [1.54, 1.807) is 0 Å². The number of unbranched alkanes of at least 4 members (excludes halogenated alkanes) is 1. The molecule has 0 spiro atoms. The van der Waals surface area contributed by atoms with E-state index in [1.807, 2.05) is 0 Å².